The van der Waals surface area contributed by atoms with E-state index in [1.165, 1.54) is 23.1 Å². The molecule has 22 heavy (non-hydrogen) atoms. The number of nitrogens with zero attached hydrogens (tertiary/aromatic N) is 1. The summed E-state index contributed by atoms with van der Waals surface area (Å²) in [6.07, 6.45) is 3.49. The van der Waals surface area contributed by atoms with Crippen molar-refractivity contribution in [1.29, 1.82) is 5.41 Å². The molecule has 1 saturated heterocycles. The Morgan fingerprint density at radius 3 is 2.77 bits per heavy atom. The number of thioether (sulfide) groups is 1. The minimum atomic E-state index is -0.529. The van der Waals surface area contributed by atoms with Crippen molar-refractivity contribution in [3.63, 3.8) is 0 Å². The second-order valence-electron chi connectivity index (χ2n) is 4.64. The Bertz CT molecular complexity index is 721. The van der Waals surface area contributed by atoms with Crippen molar-refractivity contribution in [3.05, 3.63) is 51.3 Å². The van der Waals surface area contributed by atoms with Crippen LogP contribution in [0.15, 0.2) is 40.7 Å². The van der Waals surface area contributed by atoms with E-state index in [0.717, 1.165) is 11.3 Å². The number of ketones is 1. The van der Waals surface area contributed by atoms with Gasteiger partial charge in [-0.25, -0.2) is 4.98 Å². The Labute approximate surface area is 136 Å². The van der Waals surface area contributed by atoms with Gasteiger partial charge in [-0.15, -0.1) is 11.3 Å². The predicted molar refractivity (Wildman–Crippen MR) is 90.8 cm³/mol. The Kier molecular flexibility index (Phi) is 4.40. The van der Waals surface area contributed by atoms with Crippen LogP contribution < -0.4 is 4.74 Å². The number of benzene rings is 1. The smallest absolute Gasteiger partial charge is 0.186 e. The number of carbonyl (C=O) groups excluding carboxylic acids is 1. The first-order valence-corrected chi connectivity index (χ1v) is 8.53. The molecule has 1 fully saturated rings. The van der Waals surface area contributed by atoms with Crippen LogP contribution in [0.4, 0.5) is 0 Å². The minimum absolute atomic E-state index is 0.0427. The third-order valence-electron chi connectivity index (χ3n) is 3.17. The maximum atomic E-state index is 12.5. The van der Waals surface area contributed by atoms with Crippen LogP contribution in [0.25, 0.3) is 6.08 Å². The lowest BCUT2D eigenvalue weighted by atomic mass is 10.1. The topological polar surface area (TPSA) is 63.0 Å². The third-order valence-corrected chi connectivity index (χ3v) is 5.01. The third kappa shape index (κ3) is 2.98. The normalized spacial score (nSPS) is 19.9. The fourth-order valence-electron chi connectivity index (χ4n) is 2.17. The fraction of sp³-hybridized carbons (Fsp3) is 0.188. The van der Waals surface area contributed by atoms with E-state index in [9.17, 15) is 4.79 Å². The summed E-state index contributed by atoms with van der Waals surface area (Å²) in [6, 6.07) is 7.57. The predicted octanol–water partition coefficient (Wildman–Crippen LogP) is 3.96. The van der Waals surface area contributed by atoms with Gasteiger partial charge in [-0.2, -0.15) is 0 Å². The fourth-order valence-corrected chi connectivity index (χ4v) is 3.97. The van der Waals surface area contributed by atoms with Crippen LogP contribution in [0.3, 0.4) is 0 Å². The number of allylic oxidation sites excluding steroid dienone is 1. The van der Waals surface area contributed by atoms with Crippen molar-refractivity contribution < 1.29 is 9.53 Å². The first kappa shape index (κ1) is 15.0. The molecule has 2 heterocycles. The van der Waals surface area contributed by atoms with Gasteiger partial charge in [0, 0.05) is 11.6 Å². The number of hydrogen-bond donors (Lipinski definition) is 1. The van der Waals surface area contributed by atoms with Gasteiger partial charge in [0.25, 0.3) is 0 Å². The van der Waals surface area contributed by atoms with Gasteiger partial charge in [0.1, 0.15) is 16.7 Å². The molecule has 0 saturated carbocycles. The molecule has 3 rings (SSSR count). The van der Waals surface area contributed by atoms with Gasteiger partial charge in [-0.3, -0.25) is 10.2 Å². The zero-order valence-corrected chi connectivity index (χ0v) is 13.5. The molecule has 0 radical (unpaired) electrons. The second kappa shape index (κ2) is 6.46. The maximum Gasteiger partial charge on any atom is 0.186 e. The van der Waals surface area contributed by atoms with E-state index in [0.29, 0.717) is 21.6 Å². The van der Waals surface area contributed by atoms with E-state index >= 15 is 0 Å². The number of thiazole rings is 1. The van der Waals surface area contributed by atoms with Crippen LogP contribution >= 0.6 is 23.1 Å². The highest BCUT2D eigenvalue weighted by molar-refractivity contribution is 8.19. The monoisotopic (exact) mass is 330 g/mol. The average Bonchev–Trinajstić information content (AvgIpc) is 3.11. The molecule has 0 amide bonds. The summed E-state index contributed by atoms with van der Waals surface area (Å²) in [4.78, 5) is 17.3. The largest absolute Gasteiger partial charge is 0.494 e. The molecule has 1 atom stereocenters. The number of ether oxygens (including phenoxy) is 1. The van der Waals surface area contributed by atoms with Gasteiger partial charge >= 0.3 is 0 Å². The SMILES string of the molecule is CCOc1ccc(/C=C2\SC(=N)[C@H](c3nccs3)C2=O)cc1. The Balaban J connectivity index is 1.83. The molecule has 6 heteroatoms. The lowest BCUT2D eigenvalue weighted by Gasteiger charge is -2.03. The molecule has 1 aromatic heterocycles. The molecule has 1 aliphatic heterocycles. The second-order valence-corrected chi connectivity index (χ2v) is 6.65. The van der Waals surface area contributed by atoms with Gasteiger partial charge in [0.15, 0.2) is 5.78 Å². The van der Waals surface area contributed by atoms with Crippen molar-refractivity contribution in [2.24, 2.45) is 0 Å². The van der Waals surface area contributed by atoms with Crippen molar-refractivity contribution in [3.8, 4) is 5.75 Å². The molecule has 1 aliphatic rings. The number of Topliss-reactive ketones (excluding diaryl/α,β-unsaturated/α-hetero) is 1. The van der Waals surface area contributed by atoms with E-state index in [1.54, 1.807) is 6.20 Å². The Morgan fingerprint density at radius 1 is 1.36 bits per heavy atom. The Morgan fingerprint density at radius 2 is 2.14 bits per heavy atom. The zero-order valence-electron chi connectivity index (χ0n) is 11.9. The highest BCUT2D eigenvalue weighted by atomic mass is 32.2. The number of rotatable bonds is 4. The van der Waals surface area contributed by atoms with Crippen molar-refractivity contribution in [2.45, 2.75) is 12.8 Å². The van der Waals surface area contributed by atoms with E-state index in [4.69, 9.17) is 10.1 Å². The summed E-state index contributed by atoms with van der Waals surface area (Å²) in [5.74, 6) is 0.237. The first-order chi connectivity index (χ1) is 10.7. The van der Waals surface area contributed by atoms with Gasteiger partial charge < -0.3 is 4.74 Å². The van der Waals surface area contributed by atoms with Gasteiger partial charge in [-0.05, 0) is 30.7 Å². The number of hydrogen-bond acceptors (Lipinski definition) is 6. The molecule has 2 aromatic rings. The number of carbonyl (C=O) groups is 1. The zero-order chi connectivity index (χ0) is 15.5. The van der Waals surface area contributed by atoms with Crippen LogP contribution in [0.5, 0.6) is 5.75 Å². The molecule has 0 aliphatic carbocycles. The Hall–Kier alpha value is -1.92. The summed E-state index contributed by atoms with van der Waals surface area (Å²) >= 11 is 2.63. The van der Waals surface area contributed by atoms with Crippen LogP contribution in [-0.2, 0) is 4.79 Å². The van der Waals surface area contributed by atoms with Crippen LogP contribution in [0.2, 0.25) is 0 Å². The lowest BCUT2D eigenvalue weighted by molar-refractivity contribution is -0.114. The molecule has 4 nitrogen and oxygen atoms in total. The maximum absolute atomic E-state index is 12.5. The van der Waals surface area contributed by atoms with E-state index < -0.39 is 5.92 Å². The van der Waals surface area contributed by atoms with Crippen molar-refractivity contribution in [2.75, 3.05) is 6.61 Å². The summed E-state index contributed by atoms with van der Waals surface area (Å²) in [5, 5.41) is 10.9. The van der Waals surface area contributed by atoms with Gasteiger partial charge in [-0.1, -0.05) is 23.9 Å². The molecular formula is C16H14N2O2S2. The molecule has 0 spiro atoms. The van der Waals surface area contributed by atoms with E-state index in [1.807, 2.05) is 42.6 Å². The van der Waals surface area contributed by atoms with Crippen LogP contribution in [0.1, 0.15) is 23.4 Å². The van der Waals surface area contributed by atoms with Crippen LogP contribution in [0, 0.1) is 5.41 Å². The highest BCUT2D eigenvalue weighted by Gasteiger charge is 2.38. The number of aromatic nitrogens is 1. The highest BCUT2D eigenvalue weighted by Crippen LogP contribution is 2.41. The summed E-state index contributed by atoms with van der Waals surface area (Å²) in [5.41, 5.74) is 0.923. The van der Waals surface area contributed by atoms with Gasteiger partial charge in [0.2, 0.25) is 0 Å². The minimum Gasteiger partial charge on any atom is -0.494 e. The van der Waals surface area contributed by atoms with Crippen LogP contribution in [-0.4, -0.2) is 22.4 Å². The number of nitrogens with one attached hydrogen (secondary N) is 1. The molecule has 0 bridgehead atoms. The standard InChI is InChI=1S/C16H14N2O2S2/c1-2-20-11-5-3-10(4-6-11)9-12-14(19)13(15(17)22-12)16-18-7-8-21-16/h3-9,13,17H,2H2,1H3/b12-9-,17-15?/t13-/m1/s1. The molecule has 1 N–H and O–H groups in total. The quantitative estimate of drug-likeness (QED) is 0.862. The molecular weight excluding hydrogens is 316 g/mol. The first-order valence-electron chi connectivity index (χ1n) is 6.83. The molecule has 0 unspecified atom stereocenters. The lowest BCUT2D eigenvalue weighted by Crippen LogP contribution is -2.11. The van der Waals surface area contributed by atoms with Crippen molar-refractivity contribution >= 4 is 40.0 Å². The van der Waals surface area contributed by atoms with E-state index in [-0.39, 0.29) is 5.78 Å². The van der Waals surface area contributed by atoms with Crippen molar-refractivity contribution in [1.82, 2.24) is 4.98 Å². The van der Waals surface area contributed by atoms with E-state index in [2.05, 4.69) is 4.98 Å². The summed E-state index contributed by atoms with van der Waals surface area (Å²) in [6.45, 7) is 2.56. The molecule has 1 aromatic carbocycles. The molecule has 112 valence electrons. The average molecular weight is 330 g/mol. The summed E-state index contributed by atoms with van der Waals surface area (Å²) in [7, 11) is 0. The van der Waals surface area contributed by atoms with Gasteiger partial charge in [0.05, 0.1) is 16.6 Å². The summed E-state index contributed by atoms with van der Waals surface area (Å²) < 4.78 is 5.40.